The van der Waals surface area contributed by atoms with Gasteiger partial charge in [0.2, 0.25) is 10.0 Å². The van der Waals surface area contributed by atoms with E-state index < -0.39 is 16.0 Å². The molecular weight excluding hydrogens is 242 g/mol. The summed E-state index contributed by atoms with van der Waals surface area (Å²) in [5.41, 5.74) is 1.01. The summed E-state index contributed by atoms with van der Waals surface area (Å²) < 4.78 is 24.6. The molecule has 6 heteroatoms. The van der Waals surface area contributed by atoms with Gasteiger partial charge in [-0.05, 0) is 24.1 Å². The molecule has 1 fully saturated rings. The number of nitrogens with zero attached hydrogens (tertiary/aromatic N) is 1. The second kappa shape index (κ2) is 4.46. The van der Waals surface area contributed by atoms with E-state index in [9.17, 15) is 13.2 Å². The van der Waals surface area contributed by atoms with Crippen LogP contribution in [0, 0.1) is 0 Å². The van der Waals surface area contributed by atoms with Gasteiger partial charge >= 0.3 is 5.97 Å². The molecule has 0 amide bonds. The Morgan fingerprint density at radius 1 is 1.29 bits per heavy atom. The van der Waals surface area contributed by atoms with Crippen LogP contribution in [-0.4, -0.2) is 36.1 Å². The predicted octanol–water partition coefficient (Wildman–Crippen LogP) is 0.920. The zero-order valence-electron chi connectivity index (χ0n) is 9.17. The third kappa shape index (κ3) is 2.65. The maximum Gasteiger partial charge on any atom is 0.335 e. The molecule has 0 atom stereocenters. The molecule has 0 aliphatic carbocycles. The van der Waals surface area contributed by atoms with Crippen LogP contribution < -0.4 is 0 Å². The van der Waals surface area contributed by atoms with Gasteiger partial charge in [0, 0.05) is 13.1 Å². The zero-order valence-corrected chi connectivity index (χ0v) is 9.98. The minimum absolute atomic E-state index is 0.207. The molecule has 1 aromatic rings. The highest BCUT2D eigenvalue weighted by molar-refractivity contribution is 7.89. The van der Waals surface area contributed by atoms with E-state index in [1.807, 2.05) is 0 Å². The van der Waals surface area contributed by atoms with Gasteiger partial charge in [-0.1, -0.05) is 12.1 Å². The summed E-state index contributed by atoms with van der Waals surface area (Å²) in [6, 6.07) is 6.27. The number of sulfonamides is 1. The van der Waals surface area contributed by atoms with E-state index in [4.69, 9.17) is 5.11 Å². The third-order valence-electron chi connectivity index (χ3n) is 2.76. The molecule has 0 radical (unpaired) electrons. The maximum atomic E-state index is 11.6. The smallest absolute Gasteiger partial charge is 0.335 e. The van der Waals surface area contributed by atoms with Gasteiger partial charge in [0.25, 0.3) is 0 Å². The number of carbonyl (C=O) groups is 1. The van der Waals surface area contributed by atoms with Crippen molar-refractivity contribution in [3.8, 4) is 0 Å². The third-order valence-corrected chi connectivity index (χ3v) is 4.67. The molecule has 1 N–H and O–H groups in total. The van der Waals surface area contributed by atoms with Crippen LogP contribution in [0.3, 0.4) is 0 Å². The molecule has 5 nitrogen and oxygen atoms in total. The van der Waals surface area contributed by atoms with Gasteiger partial charge in [-0.3, -0.25) is 0 Å². The molecule has 0 saturated carbocycles. The maximum absolute atomic E-state index is 11.6. The lowest BCUT2D eigenvalue weighted by atomic mass is 10.1. The Morgan fingerprint density at radius 3 is 2.41 bits per heavy atom. The van der Waals surface area contributed by atoms with Crippen LogP contribution in [0.2, 0.25) is 0 Å². The van der Waals surface area contributed by atoms with Crippen molar-refractivity contribution >= 4 is 16.0 Å². The summed E-state index contributed by atoms with van der Waals surface area (Å²) in [5.74, 6) is -0.773. The molecule has 0 spiro atoms. The number of carboxylic acid groups (broad SMARTS) is 1. The van der Waals surface area contributed by atoms with E-state index in [2.05, 4.69) is 0 Å². The fourth-order valence-electron chi connectivity index (χ4n) is 1.83. The predicted molar refractivity (Wildman–Crippen MR) is 62.2 cm³/mol. The first-order valence-electron chi connectivity index (χ1n) is 5.29. The Kier molecular flexibility index (Phi) is 3.17. The SMILES string of the molecule is O=C(O)c1ccc(CN2CCCS2(=O)=O)cc1. The summed E-state index contributed by atoms with van der Waals surface area (Å²) in [6.07, 6.45) is 0.662. The molecule has 1 aromatic carbocycles. The Bertz CT molecular complexity index is 521. The van der Waals surface area contributed by atoms with Crippen LogP contribution >= 0.6 is 0 Å². The van der Waals surface area contributed by atoms with E-state index in [-0.39, 0.29) is 11.3 Å². The van der Waals surface area contributed by atoms with Crippen molar-refractivity contribution in [2.75, 3.05) is 12.3 Å². The highest BCUT2D eigenvalue weighted by Gasteiger charge is 2.27. The van der Waals surface area contributed by atoms with Crippen LogP contribution in [0.5, 0.6) is 0 Å². The van der Waals surface area contributed by atoms with Gasteiger partial charge in [0.15, 0.2) is 0 Å². The lowest BCUT2D eigenvalue weighted by Gasteiger charge is -2.14. The van der Waals surface area contributed by atoms with E-state index in [1.165, 1.54) is 16.4 Å². The van der Waals surface area contributed by atoms with Gasteiger partial charge in [-0.25, -0.2) is 13.2 Å². The minimum atomic E-state index is -3.09. The number of hydrogen-bond donors (Lipinski definition) is 1. The molecule has 1 aliphatic rings. The van der Waals surface area contributed by atoms with E-state index in [1.54, 1.807) is 12.1 Å². The molecule has 0 unspecified atom stereocenters. The molecule has 0 aromatic heterocycles. The molecule has 1 heterocycles. The van der Waals surface area contributed by atoms with Crippen molar-refractivity contribution < 1.29 is 18.3 Å². The van der Waals surface area contributed by atoms with Crippen LogP contribution in [0.25, 0.3) is 0 Å². The first-order chi connectivity index (χ1) is 7.99. The number of carboxylic acids is 1. The van der Waals surface area contributed by atoms with E-state index in [0.717, 1.165) is 5.56 Å². The van der Waals surface area contributed by atoms with Crippen molar-refractivity contribution in [2.24, 2.45) is 0 Å². The second-order valence-electron chi connectivity index (χ2n) is 4.01. The Balaban J connectivity index is 2.12. The summed E-state index contributed by atoms with van der Waals surface area (Å²) in [7, 11) is -3.09. The lowest BCUT2D eigenvalue weighted by molar-refractivity contribution is 0.0697. The standard InChI is InChI=1S/C11H13NO4S/c13-11(14)10-4-2-9(3-5-10)8-12-6-1-7-17(12,15)16/h2-5H,1,6-8H2,(H,13,14). The van der Waals surface area contributed by atoms with Gasteiger partial charge < -0.3 is 5.11 Å². The number of benzene rings is 1. The van der Waals surface area contributed by atoms with Crippen molar-refractivity contribution in [3.05, 3.63) is 35.4 Å². The van der Waals surface area contributed by atoms with Crippen molar-refractivity contribution in [3.63, 3.8) is 0 Å². The van der Waals surface area contributed by atoms with E-state index >= 15 is 0 Å². The first-order valence-corrected chi connectivity index (χ1v) is 6.90. The summed E-state index contributed by atoms with van der Waals surface area (Å²) in [6.45, 7) is 0.866. The topological polar surface area (TPSA) is 74.7 Å². The average molecular weight is 255 g/mol. The summed E-state index contributed by atoms with van der Waals surface area (Å²) in [5, 5.41) is 8.74. The van der Waals surface area contributed by atoms with Gasteiger partial charge in [0.1, 0.15) is 0 Å². The summed E-state index contributed by atoms with van der Waals surface area (Å²) in [4.78, 5) is 10.7. The summed E-state index contributed by atoms with van der Waals surface area (Å²) >= 11 is 0. The minimum Gasteiger partial charge on any atom is -0.478 e. The second-order valence-corrected chi connectivity index (χ2v) is 6.09. The molecule has 1 saturated heterocycles. The highest BCUT2D eigenvalue weighted by Crippen LogP contribution is 2.17. The fraction of sp³-hybridized carbons (Fsp3) is 0.364. The normalized spacial score (nSPS) is 19.3. The fourth-order valence-corrected chi connectivity index (χ4v) is 3.33. The Labute approximate surface area is 99.7 Å². The zero-order chi connectivity index (χ0) is 12.5. The van der Waals surface area contributed by atoms with Crippen molar-refractivity contribution in [1.82, 2.24) is 4.31 Å². The number of aromatic carboxylic acids is 1. The Hall–Kier alpha value is -1.40. The molecule has 2 rings (SSSR count). The molecule has 92 valence electrons. The Morgan fingerprint density at radius 2 is 1.94 bits per heavy atom. The molecule has 17 heavy (non-hydrogen) atoms. The van der Waals surface area contributed by atoms with Gasteiger partial charge in [-0.2, -0.15) is 4.31 Å². The monoisotopic (exact) mass is 255 g/mol. The average Bonchev–Trinajstić information content (AvgIpc) is 2.59. The van der Waals surface area contributed by atoms with Crippen LogP contribution in [0.15, 0.2) is 24.3 Å². The molecular formula is C11H13NO4S. The van der Waals surface area contributed by atoms with Crippen molar-refractivity contribution in [1.29, 1.82) is 0 Å². The van der Waals surface area contributed by atoms with Crippen molar-refractivity contribution in [2.45, 2.75) is 13.0 Å². The van der Waals surface area contributed by atoms with Crippen LogP contribution in [-0.2, 0) is 16.6 Å². The quantitative estimate of drug-likeness (QED) is 0.871. The lowest BCUT2D eigenvalue weighted by Crippen LogP contribution is -2.25. The largest absolute Gasteiger partial charge is 0.478 e. The van der Waals surface area contributed by atoms with Crippen LogP contribution in [0.1, 0.15) is 22.3 Å². The number of rotatable bonds is 3. The number of hydrogen-bond acceptors (Lipinski definition) is 3. The molecule has 0 bridgehead atoms. The van der Waals surface area contributed by atoms with E-state index in [0.29, 0.717) is 19.5 Å². The van der Waals surface area contributed by atoms with Crippen LogP contribution in [0.4, 0.5) is 0 Å². The first kappa shape index (κ1) is 12.1. The van der Waals surface area contributed by atoms with Gasteiger partial charge in [0.05, 0.1) is 11.3 Å². The van der Waals surface area contributed by atoms with Gasteiger partial charge in [-0.15, -0.1) is 0 Å². The highest BCUT2D eigenvalue weighted by atomic mass is 32.2. The molecule has 1 aliphatic heterocycles.